The molecule has 1 saturated heterocycles. The van der Waals surface area contributed by atoms with Gasteiger partial charge in [-0.15, -0.1) is 5.10 Å². The van der Waals surface area contributed by atoms with Crippen LogP contribution in [0.5, 0.6) is 5.75 Å². The number of rotatable bonds is 9. The first kappa shape index (κ1) is 31.5. The first-order valence-electron chi connectivity index (χ1n) is 13.4. The van der Waals surface area contributed by atoms with Crippen molar-refractivity contribution in [3.63, 3.8) is 0 Å². The molecule has 3 amide bonds. The fourth-order valence-corrected chi connectivity index (χ4v) is 4.79. The first-order valence-corrected chi connectivity index (χ1v) is 13.4. The zero-order valence-corrected chi connectivity index (χ0v) is 23.5. The molecule has 0 bridgehead atoms. The minimum atomic E-state index is -4.78. The number of carbonyl (C=O) groups is 2. The number of amides is 3. The smallest absolute Gasteiger partial charge is 0.453 e. The summed E-state index contributed by atoms with van der Waals surface area (Å²) in [6.07, 6.45) is -4.91. The van der Waals surface area contributed by atoms with Gasteiger partial charge in [-0.1, -0.05) is 0 Å². The second-order valence-electron chi connectivity index (χ2n) is 9.77. The Morgan fingerprint density at radius 3 is 2.56 bits per heavy atom. The second-order valence-corrected chi connectivity index (χ2v) is 9.77. The standard InChI is InChI=1S/C27H31F4N7O5/c1-17-15-19(28)3-5-22(17)37(26(41)36-11-8-21(9-12-36)43-25(40)32-10-14-39)13-7-18-16-20(4-6-23(18)42-2)38-24(27(29,30)31)33-34-35-38/h3-6,15-16,21,39H,7-14H2,1-2H3,(H,32,40). The number of likely N-dealkylation sites (tertiary alicyclic amines) is 1. The molecule has 0 spiro atoms. The van der Waals surface area contributed by atoms with Gasteiger partial charge in [-0.2, -0.15) is 17.9 Å². The van der Waals surface area contributed by atoms with Crippen LogP contribution in [-0.4, -0.2) is 88.3 Å². The Balaban J connectivity index is 1.55. The molecule has 1 aliphatic heterocycles. The number of anilines is 1. The van der Waals surface area contributed by atoms with Gasteiger partial charge in [0, 0.05) is 44.7 Å². The molecule has 2 heterocycles. The van der Waals surface area contributed by atoms with Crippen molar-refractivity contribution in [2.75, 3.05) is 44.8 Å². The monoisotopic (exact) mass is 609 g/mol. The predicted molar refractivity (Wildman–Crippen MR) is 144 cm³/mol. The number of aromatic nitrogens is 4. The number of methoxy groups -OCH3 is 1. The van der Waals surface area contributed by atoms with E-state index in [1.165, 1.54) is 48.4 Å². The van der Waals surface area contributed by atoms with Gasteiger partial charge in [0.2, 0.25) is 0 Å². The van der Waals surface area contributed by atoms with Gasteiger partial charge in [0.15, 0.2) is 0 Å². The van der Waals surface area contributed by atoms with Gasteiger partial charge in [0.05, 0.1) is 19.4 Å². The van der Waals surface area contributed by atoms with Crippen LogP contribution in [0.25, 0.3) is 5.69 Å². The zero-order chi connectivity index (χ0) is 31.1. The number of halogens is 4. The number of tetrazole rings is 1. The highest BCUT2D eigenvalue weighted by molar-refractivity contribution is 5.93. The summed E-state index contributed by atoms with van der Waals surface area (Å²) < 4.78 is 65.6. The molecular formula is C27H31F4N7O5. The van der Waals surface area contributed by atoms with Crippen LogP contribution in [0.4, 0.5) is 32.8 Å². The van der Waals surface area contributed by atoms with Crippen LogP contribution in [0.2, 0.25) is 0 Å². The summed E-state index contributed by atoms with van der Waals surface area (Å²) in [4.78, 5) is 28.7. The van der Waals surface area contributed by atoms with E-state index in [9.17, 15) is 27.2 Å². The summed E-state index contributed by atoms with van der Waals surface area (Å²) >= 11 is 0. The molecule has 16 heteroatoms. The van der Waals surface area contributed by atoms with Crippen molar-refractivity contribution in [1.29, 1.82) is 0 Å². The minimum Gasteiger partial charge on any atom is -0.496 e. The van der Waals surface area contributed by atoms with E-state index in [0.717, 1.165) is 0 Å². The van der Waals surface area contributed by atoms with Crippen LogP contribution in [0.3, 0.4) is 0 Å². The zero-order valence-electron chi connectivity index (χ0n) is 23.5. The number of ether oxygens (including phenoxy) is 2. The minimum absolute atomic E-state index is 0.0501. The number of nitrogens with one attached hydrogen (secondary N) is 1. The third-order valence-corrected chi connectivity index (χ3v) is 6.88. The SMILES string of the molecule is COc1ccc(-n2nnnc2C(F)(F)F)cc1CCN(C(=O)N1CCC(OC(=O)NCCO)CC1)c1ccc(F)cc1C. The third-order valence-electron chi connectivity index (χ3n) is 6.88. The van der Waals surface area contributed by atoms with Crippen molar-refractivity contribution in [3.8, 4) is 11.4 Å². The Hall–Kier alpha value is -4.47. The normalized spacial score (nSPS) is 14.0. The molecule has 232 valence electrons. The number of aryl methyl sites for hydroxylation is 1. The summed E-state index contributed by atoms with van der Waals surface area (Å²) in [5, 5.41) is 21.0. The molecular weight excluding hydrogens is 578 g/mol. The highest BCUT2D eigenvalue weighted by Crippen LogP contribution is 2.31. The largest absolute Gasteiger partial charge is 0.496 e. The molecule has 2 aromatic carbocycles. The molecule has 2 N–H and O–H groups in total. The van der Waals surface area contributed by atoms with Crippen LogP contribution in [0, 0.1) is 12.7 Å². The highest BCUT2D eigenvalue weighted by atomic mass is 19.4. The molecule has 0 saturated carbocycles. The average molecular weight is 610 g/mol. The average Bonchev–Trinajstić information content (AvgIpc) is 3.48. The Bertz CT molecular complexity index is 1430. The summed E-state index contributed by atoms with van der Waals surface area (Å²) in [6.45, 7) is 2.16. The topological polar surface area (TPSA) is 135 Å². The maximum absolute atomic E-state index is 13.9. The second kappa shape index (κ2) is 13.7. The van der Waals surface area contributed by atoms with Crippen LogP contribution in [0.1, 0.15) is 29.8 Å². The van der Waals surface area contributed by atoms with Crippen LogP contribution >= 0.6 is 0 Å². The van der Waals surface area contributed by atoms with Crippen LogP contribution in [-0.2, 0) is 17.3 Å². The van der Waals surface area contributed by atoms with E-state index in [1.807, 2.05) is 0 Å². The molecule has 1 aliphatic rings. The van der Waals surface area contributed by atoms with E-state index in [0.29, 0.717) is 40.1 Å². The fourth-order valence-electron chi connectivity index (χ4n) is 4.79. The Morgan fingerprint density at radius 1 is 1.16 bits per heavy atom. The number of alkyl halides is 3. The lowest BCUT2D eigenvalue weighted by atomic mass is 10.1. The number of carbonyl (C=O) groups excluding carboxylic acids is 2. The van der Waals surface area contributed by atoms with E-state index in [-0.39, 0.29) is 50.9 Å². The van der Waals surface area contributed by atoms with Gasteiger partial charge in [0.1, 0.15) is 17.7 Å². The van der Waals surface area contributed by atoms with Crippen LogP contribution < -0.4 is 15.0 Å². The number of hydrogen-bond acceptors (Lipinski definition) is 8. The molecule has 12 nitrogen and oxygen atoms in total. The lowest BCUT2D eigenvalue weighted by molar-refractivity contribution is -0.146. The molecule has 0 atom stereocenters. The summed E-state index contributed by atoms with van der Waals surface area (Å²) in [5.41, 5.74) is 1.51. The molecule has 43 heavy (non-hydrogen) atoms. The number of urea groups is 1. The number of piperidine rings is 1. The molecule has 0 radical (unpaired) electrons. The van der Waals surface area contributed by atoms with E-state index in [2.05, 4.69) is 20.8 Å². The van der Waals surface area contributed by atoms with E-state index in [4.69, 9.17) is 14.6 Å². The predicted octanol–water partition coefficient (Wildman–Crippen LogP) is 3.49. The van der Waals surface area contributed by atoms with Gasteiger partial charge in [0.25, 0.3) is 5.82 Å². The van der Waals surface area contributed by atoms with E-state index in [1.54, 1.807) is 11.8 Å². The molecule has 3 aromatic rings. The van der Waals surface area contributed by atoms with Gasteiger partial charge >= 0.3 is 18.3 Å². The molecule has 0 aliphatic carbocycles. The number of alkyl carbamates (subject to hydrolysis) is 1. The van der Waals surface area contributed by atoms with E-state index >= 15 is 0 Å². The summed E-state index contributed by atoms with van der Waals surface area (Å²) in [5.74, 6) is -1.38. The molecule has 4 rings (SSSR count). The fraction of sp³-hybridized carbons (Fsp3) is 0.444. The summed E-state index contributed by atoms with van der Waals surface area (Å²) in [7, 11) is 1.42. The van der Waals surface area contributed by atoms with Gasteiger partial charge in [-0.25, -0.2) is 14.0 Å². The number of aliphatic hydroxyl groups excluding tert-OH is 1. The Morgan fingerprint density at radius 2 is 1.91 bits per heavy atom. The Labute approximate surface area is 244 Å². The third kappa shape index (κ3) is 7.68. The van der Waals surface area contributed by atoms with Crippen molar-refractivity contribution in [1.82, 2.24) is 30.4 Å². The summed E-state index contributed by atoms with van der Waals surface area (Å²) in [6, 6.07) is 8.00. The molecule has 1 aromatic heterocycles. The van der Waals surface area contributed by atoms with Gasteiger partial charge in [-0.3, -0.25) is 4.90 Å². The van der Waals surface area contributed by atoms with Gasteiger partial charge in [-0.05, 0) is 71.3 Å². The van der Waals surface area contributed by atoms with Gasteiger partial charge < -0.3 is 24.8 Å². The number of nitrogens with zero attached hydrogens (tertiary/aromatic N) is 6. The van der Waals surface area contributed by atoms with Crippen molar-refractivity contribution in [2.45, 2.75) is 38.5 Å². The maximum Gasteiger partial charge on any atom is 0.453 e. The maximum atomic E-state index is 13.9. The van der Waals surface area contributed by atoms with Crippen molar-refractivity contribution < 1.29 is 41.7 Å². The quantitative estimate of drug-likeness (QED) is 0.352. The lowest BCUT2D eigenvalue weighted by Crippen LogP contribution is -2.49. The number of hydrogen-bond donors (Lipinski definition) is 2. The van der Waals surface area contributed by atoms with Crippen molar-refractivity contribution in [3.05, 3.63) is 59.2 Å². The van der Waals surface area contributed by atoms with Crippen LogP contribution in [0.15, 0.2) is 36.4 Å². The molecule has 1 fully saturated rings. The van der Waals surface area contributed by atoms with E-state index < -0.39 is 30.0 Å². The van der Waals surface area contributed by atoms with Crippen molar-refractivity contribution >= 4 is 17.8 Å². The highest BCUT2D eigenvalue weighted by Gasteiger charge is 2.38. The first-order chi connectivity index (χ1) is 20.5. The Kier molecular flexibility index (Phi) is 10.0. The lowest BCUT2D eigenvalue weighted by Gasteiger charge is -2.36. The molecule has 0 unspecified atom stereocenters. The number of benzene rings is 2. The number of aliphatic hydroxyl groups is 1. The van der Waals surface area contributed by atoms with Crippen molar-refractivity contribution in [2.24, 2.45) is 0 Å².